The molecule has 4 bridgehead atoms. The monoisotopic (exact) mass is 776 g/mol. The maximum atomic E-state index is 2.83. The van der Waals surface area contributed by atoms with E-state index in [1.54, 1.807) is 38.6 Å². The minimum absolute atomic E-state index is 0.499. The van der Waals surface area contributed by atoms with Crippen LogP contribution in [0.5, 0.6) is 0 Å². The summed E-state index contributed by atoms with van der Waals surface area (Å²) in [6.45, 7) is 32.6. The molecule has 3 aromatic carbocycles. The van der Waals surface area contributed by atoms with Crippen molar-refractivity contribution in [2.24, 2.45) is 0 Å². The van der Waals surface area contributed by atoms with Crippen molar-refractivity contribution in [2.45, 2.75) is 167 Å². The fourth-order valence-electron chi connectivity index (χ4n) is 11.3. The van der Waals surface area contributed by atoms with Gasteiger partial charge in [-0.1, -0.05) is 0 Å². The van der Waals surface area contributed by atoms with Crippen molar-refractivity contribution < 1.29 is 20.3 Å². The third-order valence-corrected chi connectivity index (χ3v) is 33.6. The van der Waals surface area contributed by atoms with Gasteiger partial charge in [0.2, 0.25) is 0 Å². The summed E-state index contributed by atoms with van der Waals surface area (Å²) in [6.07, 6.45) is 7.80. The molecule has 2 atom stereocenters. The molecule has 3 aliphatic rings. The van der Waals surface area contributed by atoms with Gasteiger partial charge in [0.05, 0.1) is 0 Å². The van der Waals surface area contributed by atoms with Crippen molar-refractivity contribution in [2.75, 3.05) is 0 Å². The zero-order valence-corrected chi connectivity index (χ0v) is 38.3. The van der Waals surface area contributed by atoms with Crippen molar-refractivity contribution in [3.05, 3.63) is 110 Å². The van der Waals surface area contributed by atoms with Gasteiger partial charge in [-0.05, 0) is 0 Å². The van der Waals surface area contributed by atoms with Crippen LogP contribution in [-0.2, 0) is 20.3 Å². The molecule has 6 rings (SSSR count). The number of fused-ring (bicyclic) bond motifs is 8. The van der Waals surface area contributed by atoms with Gasteiger partial charge in [0.15, 0.2) is 0 Å². The molecule has 0 radical (unpaired) electrons. The van der Waals surface area contributed by atoms with E-state index in [1.807, 2.05) is 32.7 Å². The molecule has 3 aromatic rings. The third kappa shape index (κ3) is 6.08. The molecule has 0 saturated heterocycles. The average molecular weight is 778 g/mol. The molecular weight excluding hydrogens is 708 g/mol. The molecule has 0 N–H and O–H groups in total. The predicted molar refractivity (Wildman–Crippen MR) is 226 cm³/mol. The number of allylic oxidation sites excluding steroid dienone is 2. The molecular formula is C49H70SiZr. The third-order valence-electron chi connectivity index (χ3n) is 13.7. The van der Waals surface area contributed by atoms with Crippen LogP contribution in [0.2, 0.25) is 14.8 Å². The van der Waals surface area contributed by atoms with Gasteiger partial charge in [-0.3, -0.25) is 0 Å². The van der Waals surface area contributed by atoms with Gasteiger partial charge in [-0.25, -0.2) is 0 Å². The van der Waals surface area contributed by atoms with E-state index in [2.05, 4.69) is 144 Å². The summed E-state index contributed by atoms with van der Waals surface area (Å²) in [7, 11) is -2.52. The van der Waals surface area contributed by atoms with E-state index in [4.69, 9.17) is 0 Å². The summed E-state index contributed by atoms with van der Waals surface area (Å²) in [5.74, 6) is 2.07. The molecule has 0 fully saturated rings. The zero-order chi connectivity index (χ0) is 37.0. The predicted octanol–water partition coefficient (Wildman–Crippen LogP) is 15.0. The van der Waals surface area contributed by atoms with Crippen LogP contribution >= 0.6 is 0 Å². The second kappa shape index (κ2) is 15.2. The number of unbranched alkanes of at least 4 members (excludes halogenated alkanes) is 2. The Morgan fingerprint density at radius 2 is 0.980 bits per heavy atom. The number of benzene rings is 3. The van der Waals surface area contributed by atoms with Gasteiger partial charge in [0.25, 0.3) is 0 Å². The Morgan fingerprint density at radius 1 is 0.569 bits per heavy atom. The Morgan fingerprint density at radius 3 is 1.31 bits per heavy atom. The molecule has 2 heteroatoms. The molecule has 274 valence electrons. The molecule has 2 unspecified atom stereocenters. The SMILES string of the molecule is CCC[CH2][Zr]1([CH2]CCC)[CH]2C(CC)=C(c3c(C(C)C)cc(C(C)C)cc32)[Si](C)(c2ccccc2)C2=C(CC)[CH]1c1cc(C(C)C)cc(C(C)C)c12. The van der Waals surface area contributed by atoms with Gasteiger partial charge in [0, 0.05) is 0 Å². The fraction of sp³-hybridized carbons (Fsp3) is 0.551. The van der Waals surface area contributed by atoms with Crippen molar-refractivity contribution in [1.29, 1.82) is 0 Å². The van der Waals surface area contributed by atoms with Gasteiger partial charge >= 0.3 is 322 Å². The normalized spacial score (nSPS) is 22.1. The Balaban J connectivity index is 1.92. The minimum atomic E-state index is -3.31. The Bertz CT molecular complexity index is 1700. The topological polar surface area (TPSA) is 0 Å². The molecule has 0 nitrogen and oxygen atoms in total. The van der Waals surface area contributed by atoms with Gasteiger partial charge < -0.3 is 0 Å². The van der Waals surface area contributed by atoms with E-state index < -0.39 is 28.3 Å². The summed E-state index contributed by atoms with van der Waals surface area (Å²) < 4.78 is 4.37. The van der Waals surface area contributed by atoms with E-state index in [0.29, 0.717) is 30.9 Å². The summed E-state index contributed by atoms with van der Waals surface area (Å²) in [5.41, 5.74) is 17.4. The van der Waals surface area contributed by atoms with E-state index >= 15 is 0 Å². The summed E-state index contributed by atoms with van der Waals surface area (Å²) in [4.78, 5) is 0. The molecule has 2 aliphatic carbocycles. The molecule has 1 heterocycles. The fourth-order valence-corrected chi connectivity index (χ4v) is 35.7. The summed E-state index contributed by atoms with van der Waals surface area (Å²) in [5, 5.41) is 5.35. The standard InChI is InChI=1S/C41H52Si.2C4H9.Zr/c1-12-29-19-33-21-31(25(3)4)23-36(27(7)8)38(33)40(29)42(11,35-17-15-14-16-18-35)41-30(13-2)20-34-22-32(26(5)6)24-37(28(9)10)39(34)41;2*1-3-4-2;/h14-28H,12-13H2,1-11H3;2*1,3-4H2,2H3;. The van der Waals surface area contributed by atoms with Gasteiger partial charge in [0.1, 0.15) is 0 Å². The molecule has 0 saturated carbocycles. The van der Waals surface area contributed by atoms with Crippen LogP contribution in [0.4, 0.5) is 0 Å². The first-order chi connectivity index (χ1) is 24.3. The Hall–Kier alpha value is -1.76. The van der Waals surface area contributed by atoms with E-state index in [0.717, 1.165) is 0 Å². The average Bonchev–Trinajstić information content (AvgIpc) is 3.65. The number of hydrogen-bond acceptors (Lipinski definition) is 0. The number of hydrogen-bond donors (Lipinski definition) is 0. The molecule has 0 aromatic heterocycles. The summed E-state index contributed by atoms with van der Waals surface area (Å²) >= 11 is -3.31. The molecule has 51 heavy (non-hydrogen) atoms. The Kier molecular flexibility index (Phi) is 11.6. The van der Waals surface area contributed by atoms with Crippen LogP contribution < -0.4 is 5.19 Å². The van der Waals surface area contributed by atoms with Crippen molar-refractivity contribution in [3.8, 4) is 0 Å². The molecule has 0 amide bonds. The van der Waals surface area contributed by atoms with E-state index in [9.17, 15) is 0 Å². The second-order valence-electron chi connectivity index (χ2n) is 18.1. The van der Waals surface area contributed by atoms with E-state index in [-0.39, 0.29) is 0 Å². The van der Waals surface area contributed by atoms with Crippen molar-refractivity contribution in [1.82, 2.24) is 0 Å². The Labute approximate surface area is 319 Å². The maximum absolute atomic E-state index is 3.31. The van der Waals surface area contributed by atoms with Crippen LogP contribution in [0.3, 0.4) is 0 Å². The first kappa shape index (κ1) is 38.9. The van der Waals surface area contributed by atoms with E-state index in [1.165, 1.54) is 46.8 Å². The van der Waals surface area contributed by atoms with Crippen molar-refractivity contribution in [3.63, 3.8) is 0 Å². The van der Waals surface area contributed by atoms with Crippen LogP contribution in [0.15, 0.2) is 65.7 Å². The van der Waals surface area contributed by atoms with Crippen LogP contribution in [-0.4, -0.2) is 8.07 Å². The first-order valence-corrected chi connectivity index (χ1v) is 30.0. The van der Waals surface area contributed by atoms with Crippen LogP contribution in [0.25, 0.3) is 10.4 Å². The first-order valence-electron chi connectivity index (χ1n) is 21.2. The second-order valence-corrected chi connectivity index (χ2v) is 33.3. The molecule has 1 aliphatic heterocycles. The van der Waals surface area contributed by atoms with Gasteiger partial charge in [-0.15, -0.1) is 0 Å². The summed E-state index contributed by atoms with van der Waals surface area (Å²) in [6, 6.07) is 23.0. The van der Waals surface area contributed by atoms with Gasteiger partial charge in [-0.2, -0.15) is 0 Å². The van der Waals surface area contributed by atoms with Crippen LogP contribution in [0.1, 0.15) is 197 Å². The quantitative estimate of drug-likeness (QED) is 0.152. The van der Waals surface area contributed by atoms with Crippen molar-refractivity contribution >= 4 is 23.7 Å². The van der Waals surface area contributed by atoms with Crippen LogP contribution in [0, 0.1) is 0 Å². The number of rotatable bonds is 13. The molecule has 0 spiro atoms. The zero-order valence-electron chi connectivity index (χ0n) is 34.8.